The maximum Gasteiger partial charge on any atom is 0.303 e. The Morgan fingerprint density at radius 3 is 3.06 bits per heavy atom. The third-order valence-corrected chi connectivity index (χ3v) is 2.57. The molecule has 1 aromatic carbocycles. The molecule has 16 heavy (non-hydrogen) atoms. The van der Waals surface area contributed by atoms with Gasteiger partial charge in [0.1, 0.15) is 5.82 Å². The van der Waals surface area contributed by atoms with Gasteiger partial charge in [0, 0.05) is 5.39 Å². The van der Waals surface area contributed by atoms with Crippen molar-refractivity contribution >= 4 is 16.9 Å². The minimum Gasteiger partial charge on any atom is -0.481 e. The number of hydrogen-bond acceptors (Lipinski definition) is 2. The second-order valence-electron chi connectivity index (χ2n) is 3.83. The van der Waals surface area contributed by atoms with Gasteiger partial charge in [0.25, 0.3) is 0 Å². The molecule has 2 rings (SSSR count). The molecular formula is C11H11FN2O2. The lowest BCUT2D eigenvalue weighted by Gasteiger charge is -2.10. The van der Waals surface area contributed by atoms with Crippen LogP contribution in [0.15, 0.2) is 18.3 Å². The number of rotatable bonds is 3. The Morgan fingerprint density at radius 2 is 2.38 bits per heavy atom. The second kappa shape index (κ2) is 3.92. The lowest BCUT2D eigenvalue weighted by atomic mass is 9.96. The molecule has 0 aliphatic heterocycles. The van der Waals surface area contributed by atoms with E-state index >= 15 is 0 Å². The van der Waals surface area contributed by atoms with E-state index in [2.05, 4.69) is 10.2 Å². The zero-order valence-electron chi connectivity index (χ0n) is 8.70. The van der Waals surface area contributed by atoms with E-state index in [1.54, 1.807) is 19.2 Å². The van der Waals surface area contributed by atoms with Crippen molar-refractivity contribution < 1.29 is 14.3 Å². The van der Waals surface area contributed by atoms with E-state index in [1.165, 1.54) is 6.07 Å². The van der Waals surface area contributed by atoms with Gasteiger partial charge in [-0.05, 0) is 23.6 Å². The van der Waals surface area contributed by atoms with E-state index in [0.717, 1.165) is 5.39 Å². The van der Waals surface area contributed by atoms with Gasteiger partial charge in [-0.1, -0.05) is 6.92 Å². The highest BCUT2D eigenvalue weighted by Crippen LogP contribution is 2.25. The SMILES string of the molecule is CC(CC(=O)O)c1cc2cn[nH]c2cc1F. The van der Waals surface area contributed by atoms with Crippen LogP contribution in [0.2, 0.25) is 0 Å². The van der Waals surface area contributed by atoms with Gasteiger partial charge < -0.3 is 5.11 Å². The van der Waals surface area contributed by atoms with E-state index in [0.29, 0.717) is 11.1 Å². The Balaban J connectivity index is 2.42. The lowest BCUT2D eigenvalue weighted by Crippen LogP contribution is -2.04. The van der Waals surface area contributed by atoms with E-state index < -0.39 is 11.8 Å². The Hall–Kier alpha value is -1.91. The molecule has 0 bridgehead atoms. The molecule has 5 heteroatoms. The number of nitrogens with zero attached hydrogens (tertiary/aromatic N) is 1. The van der Waals surface area contributed by atoms with Crippen molar-refractivity contribution in [3.05, 3.63) is 29.7 Å². The van der Waals surface area contributed by atoms with Crippen LogP contribution in [0.5, 0.6) is 0 Å². The van der Waals surface area contributed by atoms with Crippen molar-refractivity contribution in [3.8, 4) is 0 Å². The molecule has 1 aromatic heterocycles. The molecule has 1 heterocycles. The summed E-state index contributed by atoms with van der Waals surface area (Å²) in [6.07, 6.45) is 1.51. The standard InChI is InChI=1S/C11H11FN2O2/c1-6(2-11(15)16)8-3-7-5-13-14-10(7)4-9(8)12/h3-6H,2H2,1H3,(H,13,14)(H,15,16). The van der Waals surface area contributed by atoms with E-state index in [4.69, 9.17) is 5.11 Å². The number of halogens is 1. The Morgan fingerprint density at radius 1 is 1.62 bits per heavy atom. The lowest BCUT2D eigenvalue weighted by molar-refractivity contribution is -0.137. The number of H-pyrrole nitrogens is 1. The fraction of sp³-hybridized carbons (Fsp3) is 0.273. The van der Waals surface area contributed by atoms with Crippen LogP contribution in [-0.2, 0) is 4.79 Å². The van der Waals surface area contributed by atoms with Crippen LogP contribution in [0.4, 0.5) is 4.39 Å². The highest BCUT2D eigenvalue weighted by Gasteiger charge is 2.15. The predicted molar refractivity (Wildman–Crippen MR) is 56.7 cm³/mol. The Bertz CT molecular complexity index is 536. The molecule has 0 aliphatic rings. The summed E-state index contributed by atoms with van der Waals surface area (Å²) in [4.78, 5) is 10.6. The molecule has 2 N–H and O–H groups in total. The first-order valence-corrected chi connectivity index (χ1v) is 4.92. The highest BCUT2D eigenvalue weighted by atomic mass is 19.1. The van der Waals surface area contributed by atoms with Gasteiger partial charge >= 0.3 is 5.97 Å². The maximum atomic E-state index is 13.7. The first-order valence-electron chi connectivity index (χ1n) is 4.92. The van der Waals surface area contributed by atoms with Crippen molar-refractivity contribution in [3.63, 3.8) is 0 Å². The number of aromatic amines is 1. The van der Waals surface area contributed by atoms with Crippen molar-refractivity contribution in [1.82, 2.24) is 10.2 Å². The van der Waals surface area contributed by atoms with E-state index in [9.17, 15) is 9.18 Å². The largest absolute Gasteiger partial charge is 0.481 e. The average molecular weight is 222 g/mol. The first-order chi connectivity index (χ1) is 7.58. The number of carboxylic acid groups (broad SMARTS) is 1. The minimum absolute atomic E-state index is 0.0831. The van der Waals surface area contributed by atoms with Crippen LogP contribution in [0.1, 0.15) is 24.8 Å². The number of fused-ring (bicyclic) bond motifs is 1. The number of hydrogen-bond donors (Lipinski definition) is 2. The van der Waals surface area contributed by atoms with Crippen LogP contribution in [-0.4, -0.2) is 21.3 Å². The van der Waals surface area contributed by atoms with E-state index in [-0.39, 0.29) is 12.3 Å². The van der Waals surface area contributed by atoms with E-state index in [1.807, 2.05) is 0 Å². The molecule has 0 aliphatic carbocycles. The van der Waals surface area contributed by atoms with Gasteiger partial charge in [-0.15, -0.1) is 0 Å². The molecular weight excluding hydrogens is 211 g/mol. The fourth-order valence-corrected chi connectivity index (χ4v) is 1.73. The second-order valence-corrected chi connectivity index (χ2v) is 3.83. The topological polar surface area (TPSA) is 66.0 Å². The maximum absolute atomic E-state index is 13.7. The zero-order valence-corrected chi connectivity index (χ0v) is 8.70. The molecule has 0 spiro atoms. The van der Waals surface area contributed by atoms with Crippen molar-refractivity contribution in [2.45, 2.75) is 19.3 Å². The summed E-state index contributed by atoms with van der Waals surface area (Å²) < 4.78 is 13.7. The van der Waals surface area contributed by atoms with Gasteiger partial charge in [-0.2, -0.15) is 5.10 Å². The summed E-state index contributed by atoms with van der Waals surface area (Å²) in [6, 6.07) is 2.98. The third-order valence-electron chi connectivity index (χ3n) is 2.57. The van der Waals surface area contributed by atoms with Gasteiger partial charge in [-0.25, -0.2) is 4.39 Å². The summed E-state index contributed by atoms with van der Waals surface area (Å²) in [5.41, 5.74) is 1.03. The molecule has 0 fully saturated rings. The Kier molecular flexibility index (Phi) is 2.60. The summed E-state index contributed by atoms with van der Waals surface area (Å²) in [6.45, 7) is 1.69. The van der Waals surface area contributed by atoms with Crippen molar-refractivity contribution in [1.29, 1.82) is 0 Å². The van der Waals surface area contributed by atoms with Crippen LogP contribution < -0.4 is 0 Å². The quantitative estimate of drug-likeness (QED) is 0.837. The first kappa shape index (κ1) is 10.6. The third kappa shape index (κ3) is 1.88. The Labute approximate surface area is 91.1 Å². The molecule has 0 saturated carbocycles. The van der Waals surface area contributed by atoms with Gasteiger partial charge in [0.2, 0.25) is 0 Å². The number of aromatic nitrogens is 2. The van der Waals surface area contributed by atoms with Gasteiger partial charge in [-0.3, -0.25) is 9.89 Å². The number of aliphatic carboxylic acids is 1. The zero-order chi connectivity index (χ0) is 11.7. The summed E-state index contributed by atoms with van der Waals surface area (Å²) in [5, 5.41) is 15.9. The smallest absolute Gasteiger partial charge is 0.303 e. The van der Waals surface area contributed by atoms with Gasteiger partial charge in [0.05, 0.1) is 18.1 Å². The van der Waals surface area contributed by atoms with Crippen LogP contribution in [0.25, 0.3) is 10.9 Å². The number of nitrogens with one attached hydrogen (secondary N) is 1. The molecule has 0 amide bonds. The normalized spacial score (nSPS) is 12.9. The molecule has 4 nitrogen and oxygen atoms in total. The molecule has 0 radical (unpaired) electrons. The fourth-order valence-electron chi connectivity index (χ4n) is 1.73. The monoisotopic (exact) mass is 222 g/mol. The molecule has 2 aromatic rings. The van der Waals surface area contributed by atoms with Gasteiger partial charge in [0.15, 0.2) is 0 Å². The molecule has 1 atom stereocenters. The number of carboxylic acids is 1. The van der Waals surface area contributed by atoms with Crippen molar-refractivity contribution in [2.75, 3.05) is 0 Å². The number of carbonyl (C=O) groups is 1. The molecule has 1 unspecified atom stereocenters. The minimum atomic E-state index is -0.931. The molecule has 84 valence electrons. The summed E-state index contributed by atoms with van der Waals surface area (Å²) in [7, 11) is 0. The van der Waals surface area contributed by atoms with Crippen LogP contribution in [0.3, 0.4) is 0 Å². The average Bonchev–Trinajstić information content (AvgIpc) is 2.61. The van der Waals surface area contributed by atoms with Crippen molar-refractivity contribution in [2.24, 2.45) is 0 Å². The predicted octanol–water partition coefficient (Wildman–Crippen LogP) is 2.28. The number of benzene rings is 1. The molecule has 0 saturated heterocycles. The highest BCUT2D eigenvalue weighted by molar-refractivity contribution is 5.79. The van der Waals surface area contributed by atoms with Crippen LogP contribution >= 0.6 is 0 Å². The summed E-state index contributed by atoms with van der Waals surface area (Å²) in [5.74, 6) is -1.68. The van der Waals surface area contributed by atoms with Crippen LogP contribution in [0, 0.1) is 5.82 Å². The summed E-state index contributed by atoms with van der Waals surface area (Å²) >= 11 is 0.